The lowest BCUT2D eigenvalue weighted by atomic mass is 10.1. The van der Waals surface area contributed by atoms with E-state index in [9.17, 15) is 9.59 Å². The molecule has 0 radical (unpaired) electrons. The second-order valence-electron chi connectivity index (χ2n) is 5.33. The molecule has 0 unspecified atom stereocenters. The Kier molecular flexibility index (Phi) is 3.31. The van der Waals surface area contributed by atoms with Crippen LogP contribution in [0.3, 0.4) is 0 Å². The molecule has 1 aliphatic rings. The third kappa shape index (κ3) is 2.37. The molecule has 3 aromatic rings. The molecule has 1 aromatic carbocycles. The number of carbonyl (C=O) groups is 2. The first kappa shape index (κ1) is 13.9. The number of imidazole rings is 1. The molecule has 0 spiro atoms. The van der Waals surface area contributed by atoms with Gasteiger partial charge in [-0.15, -0.1) is 0 Å². The Balaban J connectivity index is 1.48. The van der Waals surface area contributed by atoms with Gasteiger partial charge in [0.15, 0.2) is 0 Å². The number of hydrogen-bond acceptors (Lipinski definition) is 4. The highest BCUT2D eigenvalue weighted by atomic mass is 32.1. The van der Waals surface area contributed by atoms with Gasteiger partial charge < -0.3 is 4.98 Å². The summed E-state index contributed by atoms with van der Waals surface area (Å²) in [5.74, 6) is 0.370. The Bertz CT molecular complexity index is 848. The molecule has 23 heavy (non-hydrogen) atoms. The Hall–Kier alpha value is -2.73. The van der Waals surface area contributed by atoms with Gasteiger partial charge in [0.25, 0.3) is 11.8 Å². The van der Waals surface area contributed by atoms with Gasteiger partial charge >= 0.3 is 0 Å². The van der Waals surface area contributed by atoms with Crippen LogP contribution in [0, 0.1) is 0 Å². The van der Waals surface area contributed by atoms with Crippen LogP contribution in [-0.4, -0.2) is 33.2 Å². The maximum absolute atomic E-state index is 12.3. The number of amides is 2. The number of H-pyrrole nitrogens is 1. The van der Waals surface area contributed by atoms with E-state index < -0.39 is 0 Å². The molecule has 0 fully saturated rings. The van der Waals surface area contributed by atoms with Crippen molar-refractivity contribution in [2.75, 3.05) is 6.54 Å². The highest BCUT2D eigenvalue weighted by molar-refractivity contribution is 7.08. The first-order valence-corrected chi connectivity index (χ1v) is 8.20. The molecule has 114 valence electrons. The summed E-state index contributed by atoms with van der Waals surface area (Å²) in [6, 6.07) is 8.93. The minimum absolute atomic E-state index is 0.219. The van der Waals surface area contributed by atoms with Crippen LogP contribution in [0.5, 0.6) is 0 Å². The molecule has 1 aliphatic heterocycles. The first-order chi connectivity index (χ1) is 11.2. The van der Waals surface area contributed by atoms with Gasteiger partial charge in [-0.1, -0.05) is 12.1 Å². The van der Waals surface area contributed by atoms with Crippen molar-refractivity contribution >= 4 is 23.2 Å². The number of rotatable bonds is 4. The number of nitrogens with one attached hydrogen (secondary N) is 1. The summed E-state index contributed by atoms with van der Waals surface area (Å²) in [7, 11) is 0. The van der Waals surface area contributed by atoms with Gasteiger partial charge in [0, 0.05) is 35.8 Å². The number of hydrogen-bond donors (Lipinski definition) is 1. The van der Waals surface area contributed by atoms with E-state index in [1.54, 1.807) is 41.8 Å². The van der Waals surface area contributed by atoms with Crippen LogP contribution in [0.25, 0.3) is 11.4 Å². The lowest BCUT2D eigenvalue weighted by Gasteiger charge is -2.12. The molecule has 0 saturated heterocycles. The maximum atomic E-state index is 12.3. The zero-order valence-electron chi connectivity index (χ0n) is 12.2. The van der Waals surface area contributed by atoms with Crippen molar-refractivity contribution < 1.29 is 9.59 Å². The minimum atomic E-state index is -0.219. The second-order valence-corrected chi connectivity index (χ2v) is 6.11. The average molecular weight is 323 g/mol. The summed E-state index contributed by atoms with van der Waals surface area (Å²) in [5.41, 5.74) is 2.92. The fourth-order valence-electron chi connectivity index (χ4n) is 2.71. The lowest BCUT2D eigenvalue weighted by molar-refractivity contribution is 0.0656. The number of aromatic nitrogens is 2. The van der Waals surface area contributed by atoms with Gasteiger partial charge in [-0.3, -0.25) is 14.5 Å². The maximum Gasteiger partial charge on any atom is 0.261 e. The summed E-state index contributed by atoms with van der Waals surface area (Å²) in [4.78, 5) is 33.5. The topological polar surface area (TPSA) is 66.1 Å². The SMILES string of the molecule is O=C1c2ccccc2C(=O)N1CCc1cnc(-c2ccsc2)[nH]1. The predicted molar refractivity (Wildman–Crippen MR) is 87.4 cm³/mol. The number of carbonyl (C=O) groups excluding carboxylic acids is 2. The molecule has 3 heterocycles. The van der Waals surface area contributed by atoms with Crippen molar-refractivity contribution in [1.82, 2.24) is 14.9 Å². The summed E-state index contributed by atoms with van der Waals surface area (Å²) in [6.45, 7) is 0.345. The molecular formula is C17H13N3O2S. The van der Waals surface area contributed by atoms with Gasteiger partial charge in [-0.25, -0.2) is 4.98 Å². The molecule has 5 nitrogen and oxygen atoms in total. The summed E-state index contributed by atoms with van der Waals surface area (Å²) in [5, 5.41) is 4.02. The average Bonchev–Trinajstić information content (AvgIpc) is 3.29. The van der Waals surface area contributed by atoms with E-state index in [1.165, 1.54) is 4.90 Å². The van der Waals surface area contributed by atoms with Gasteiger partial charge in [0.05, 0.1) is 11.1 Å². The smallest absolute Gasteiger partial charge is 0.261 e. The van der Waals surface area contributed by atoms with Crippen molar-refractivity contribution in [2.45, 2.75) is 6.42 Å². The second kappa shape index (κ2) is 5.48. The number of benzene rings is 1. The number of aromatic amines is 1. The summed E-state index contributed by atoms with van der Waals surface area (Å²) >= 11 is 1.61. The number of nitrogens with zero attached hydrogens (tertiary/aromatic N) is 2. The monoisotopic (exact) mass is 323 g/mol. The van der Waals surface area contributed by atoms with E-state index in [2.05, 4.69) is 9.97 Å². The summed E-state index contributed by atoms with van der Waals surface area (Å²) in [6.07, 6.45) is 2.31. The first-order valence-electron chi connectivity index (χ1n) is 7.26. The van der Waals surface area contributed by atoms with E-state index in [-0.39, 0.29) is 11.8 Å². The lowest BCUT2D eigenvalue weighted by Crippen LogP contribution is -2.31. The molecule has 4 rings (SSSR count). The van der Waals surface area contributed by atoms with Gasteiger partial charge in [-0.05, 0) is 23.6 Å². The van der Waals surface area contributed by atoms with Gasteiger partial charge in [0.2, 0.25) is 0 Å². The third-order valence-electron chi connectivity index (χ3n) is 3.91. The van der Waals surface area contributed by atoms with Gasteiger partial charge in [0.1, 0.15) is 5.82 Å². The van der Waals surface area contributed by atoms with Crippen LogP contribution in [0.4, 0.5) is 0 Å². The quantitative estimate of drug-likeness (QED) is 0.751. The normalized spacial score (nSPS) is 13.7. The largest absolute Gasteiger partial charge is 0.342 e. The third-order valence-corrected chi connectivity index (χ3v) is 4.59. The predicted octanol–water partition coefficient (Wildman–Crippen LogP) is 2.98. The van der Waals surface area contributed by atoms with E-state index >= 15 is 0 Å². The molecular weight excluding hydrogens is 310 g/mol. The highest BCUT2D eigenvalue weighted by Crippen LogP contribution is 2.23. The van der Waals surface area contributed by atoms with E-state index in [0.29, 0.717) is 24.1 Å². The fourth-order valence-corrected chi connectivity index (χ4v) is 3.35. The van der Waals surface area contributed by atoms with Crippen LogP contribution >= 0.6 is 11.3 Å². The molecule has 0 aliphatic carbocycles. The number of imide groups is 1. The van der Waals surface area contributed by atoms with E-state index in [0.717, 1.165) is 17.1 Å². The molecule has 0 atom stereocenters. The molecule has 2 aromatic heterocycles. The zero-order chi connectivity index (χ0) is 15.8. The molecule has 2 amide bonds. The van der Waals surface area contributed by atoms with Crippen LogP contribution in [0.15, 0.2) is 47.3 Å². The molecule has 0 saturated carbocycles. The van der Waals surface area contributed by atoms with Crippen molar-refractivity contribution in [2.24, 2.45) is 0 Å². The van der Waals surface area contributed by atoms with E-state index in [1.807, 2.05) is 16.8 Å². The minimum Gasteiger partial charge on any atom is -0.342 e. The zero-order valence-corrected chi connectivity index (χ0v) is 13.0. The standard InChI is InChI=1S/C17H13N3O2S/c21-16-13-3-1-2-4-14(13)17(22)20(16)7-5-12-9-18-15(19-12)11-6-8-23-10-11/h1-4,6,8-10H,5,7H2,(H,18,19). The Morgan fingerprint density at radius 2 is 1.83 bits per heavy atom. The number of fused-ring (bicyclic) bond motifs is 1. The van der Waals surface area contributed by atoms with Crippen molar-refractivity contribution in [3.63, 3.8) is 0 Å². The molecule has 0 bridgehead atoms. The van der Waals surface area contributed by atoms with Crippen LogP contribution in [0.2, 0.25) is 0 Å². The molecule has 6 heteroatoms. The Labute approximate surface area is 136 Å². The number of thiophene rings is 1. The summed E-state index contributed by atoms with van der Waals surface area (Å²) < 4.78 is 0. The molecule has 1 N–H and O–H groups in total. The van der Waals surface area contributed by atoms with Crippen LogP contribution in [-0.2, 0) is 6.42 Å². The Morgan fingerprint density at radius 1 is 1.09 bits per heavy atom. The fraction of sp³-hybridized carbons (Fsp3) is 0.118. The van der Waals surface area contributed by atoms with Crippen molar-refractivity contribution in [3.8, 4) is 11.4 Å². The van der Waals surface area contributed by atoms with Crippen molar-refractivity contribution in [3.05, 3.63) is 64.1 Å². The van der Waals surface area contributed by atoms with Crippen molar-refractivity contribution in [1.29, 1.82) is 0 Å². The van der Waals surface area contributed by atoms with Crippen LogP contribution < -0.4 is 0 Å². The highest BCUT2D eigenvalue weighted by Gasteiger charge is 2.34. The Morgan fingerprint density at radius 3 is 2.48 bits per heavy atom. The van der Waals surface area contributed by atoms with Crippen LogP contribution in [0.1, 0.15) is 26.4 Å². The van der Waals surface area contributed by atoms with Gasteiger partial charge in [-0.2, -0.15) is 11.3 Å². The van der Waals surface area contributed by atoms with E-state index in [4.69, 9.17) is 0 Å².